The summed E-state index contributed by atoms with van der Waals surface area (Å²) < 4.78 is 7.47. The van der Waals surface area contributed by atoms with Crippen molar-refractivity contribution in [3.05, 3.63) is 75.0 Å². The van der Waals surface area contributed by atoms with E-state index in [1.807, 2.05) is 44.2 Å². The number of thiocarbonyl (C=S) groups is 1. The van der Waals surface area contributed by atoms with Gasteiger partial charge in [0.25, 0.3) is 11.5 Å². The van der Waals surface area contributed by atoms with Crippen LogP contribution >= 0.6 is 24.0 Å². The minimum atomic E-state index is -0.194. The third-order valence-corrected chi connectivity index (χ3v) is 8.09. The summed E-state index contributed by atoms with van der Waals surface area (Å²) in [6, 6.07) is 14.1. The van der Waals surface area contributed by atoms with Gasteiger partial charge in [-0.15, -0.1) is 0 Å². The highest BCUT2D eigenvalue weighted by Crippen LogP contribution is 2.34. The number of fused-ring (bicyclic) bond motifs is 1. The third kappa shape index (κ3) is 5.48. The molecular formula is C28H31N5O3S2. The summed E-state index contributed by atoms with van der Waals surface area (Å²) in [5, 5.41) is 0. The molecule has 1 aromatic carbocycles. The van der Waals surface area contributed by atoms with Crippen LogP contribution in [0.5, 0.6) is 0 Å². The number of carbonyl (C=O) groups excluding carboxylic acids is 1. The lowest BCUT2D eigenvalue weighted by Gasteiger charge is -2.37. The SMILES string of the molecule is CCOCCCN1C(=O)/C(=C/c2c(N3CCN(c4ccccc4)CC3)nc3ccc(C)cn3c2=O)SC1=S. The minimum absolute atomic E-state index is 0.176. The van der Waals surface area contributed by atoms with Crippen LogP contribution in [0.15, 0.2) is 58.4 Å². The molecule has 0 atom stereocenters. The van der Waals surface area contributed by atoms with Crippen LogP contribution in [0.1, 0.15) is 24.5 Å². The first kappa shape index (κ1) is 26.4. The van der Waals surface area contributed by atoms with Crippen molar-refractivity contribution in [1.29, 1.82) is 0 Å². The second-order valence-electron chi connectivity index (χ2n) is 9.28. The van der Waals surface area contributed by atoms with Gasteiger partial charge in [0.05, 0.1) is 10.5 Å². The fourth-order valence-corrected chi connectivity index (χ4v) is 6.01. The molecule has 0 spiro atoms. The maximum absolute atomic E-state index is 13.8. The summed E-state index contributed by atoms with van der Waals surface area (Å²) in [7, 11) is 0. The van der Waals surface area contributed by atoms with Crippen molar-refractivity contribution >= 4 is 57.4 Å². The molecule has 2 fully saturated rings. The number of piperazine rings is 1. The van der Waals surface area contributed by atoms with Crippen molar-refractivity contribution in [2.24, 2.45) is 0 Å². The molecule has 0 saturated carbocycles. The number of anilines is 2. The van der Waals surface area contributed by atoms with Crippen molar-refractivity contribution in [2.75, 3.05) is 55.7 Å². The van der Waals surface area contributed by atoms with Crippen molar-refractivity contribution in [2.45, 2.75) is 20.3 Å². The summed E-state index contributed by atoms with van der Waals surface area (Å²) in [6.45, 7) is 8.62. The Bertz CT molecular complexity index is 1430. The van der Waals surface area contributed by atoms with Crippen LogP contribution in [0.3, 0.4) is 0 Å². The molecule has 38 heavy (non-hydrogen) atoms. The van der Waals surface area contributed by atoms with Crippen molar-refractivity contribution in [1.82, 2.24) is 14.3 Å². The number of aromatic nitrogens is 2. The standard InChI is InChI=1S/C28H31N5O3S2/c1-3-36-17-7-12-32-27(35)23(38-28(32)37)18-22-25(29-24-11-10-20(2)19-33(24)26(22)34)31-15-13-30(14-16-31)21-8-5-4-6-9-21/h4-6,8-11,18-19H,3,7,12-17H2,1-2H3/b23-18-. The summed E-state index contributed by atoms with van der Waals surface area (Å²) >= 11 is 6.74. The maximum atomic E-state index is 13.8. The molecule has 3 aromatic rings. The Labute approximate surface area is 231 Å². The summed E-state index contributed by atoms with van der Waals surface area (Å²) in [4.78, 5) is 38.5. The number of benzene rings is 1. The van der Waals surface area contributed by atoms with Gasteiger partial charge in [-0.2, -0.15) is 0 Å². The molecule has 2 aromatic heterocycles. The highest BCUT2D eigenvalue weighted by Gasteiger charge is 2.33. The molecule has 4 heterocycles. The zero-order valence-electron chi connectivity index (χ0n) is 21.6. The van der Waals surface area contributed by atoms with Crippen LogP contribution in [0, 0.1) is 6.92 Å². The zero-order chi connectivity index (χ0) is 26.6. The van der Waals surface area contributed by atoms with Gasteiger partial charge in [0.2, 0.25) is 0 Å². The Hall–Kier alpha value is -3.21. The number of carbonyl (C=O) groups is 1. The smallest absolute Gasteiger partial charge is 0.267 e. The Morgan fingerprint density at radius 3 is 2.53 bits per heavy atom. The molecule has 8 nitrogen and oxygen atoms in total. The van der Waals surface area contributed by atoms with E-state index in [1.54, 1.807) is 21.6 Å². The van der Waals surface area contributed by atoms with E-state index in [-0.39, 0.29) is 11.5 Å². The van der Waals surface area contributed by atoms with E-state index in [9.17, 15) is 9.59 Å². The number of amides is 1. The number of hydrogen-bond donors (Lipinski definition) is 0. The first-order valence-electron chi connectivity index (χ1n) is 12.9. The van der Waals surface area contributed by atoms with E-state index in [4.69, 9.17) is 21.9 Å². The monoisotopic (exact) mass is 549 g/mol. The van der Waals surface area contributed by atoms with Gasteiger partial charge >= 0.3 is 0 Å². The highest BCUT2D eigenvalue weighted by molar-refractivity contribution is 8.26. The molecule has 0 radical (unpaired) electrons. The third-order valence-electron chi connectivity index (χ3n) is 6.71. The van der Waals surface area contributed by atoms with Crippen LogP contribution in [0.25, 0.3) is 11.7 Å². The second kappa shape index (κ2) is 11.7. The Morgan fingerprint density at radius 1 is 1.05 bits per heavy atom. The predicted octanol–water partition coefficient (Wildman–Crippen LogP) is 3.96. The molecule has 2 aliphatic heterocycles. The topological polar surface area (TPSA) is 70.4 Å². The van der Waals surface area contributed by atoms with Crippen LogP contribution in [0.2, 0.25) is 0 Å². The average Bonchev–Trinajstić information content (AvgIpc) is 3.20. The van der Waals surface area contributed by atoms with Crippen molar-refractivity contribution in [3.63, 3.8) is 0 Å². The number of thioether (sulfide) groups is 1. The average molecular weight is 550 g/mol. The second-order valence-corrected chi connectivity index (χ2v) is 11.0. The number of ether oxygens (including phenoxy) is 1. The first-order valence-corrected chi connectivity index (χ1v) is 14.1. The van der Waals surface area contributed by atoms with Gasteiger partial charge in [-0.05, 0) is 50.1 Å². The number of para-hydroxylation sites is 1. The van der Waals surface area contributed by atoms with Crippen LogP contribution in [-0.2, 0) is 9.53 Å². The molecule has 10 heteroatoms. The molecule has 2 aliphatic rings. The number of pyridine rings is 1. The van der Waals surface area contributed by atoms with E-state index in [2.05, 4.69) is 21.9 Å². The number of rotatable bonds is 8. The molecule has 1 amide bonds. The Kier molecular flexibility index (Phi) is 8.11. The normalized spacial score (nSPS) is 17.3. The molecule has 0 unspecified atom stereocenters. The quantitative estimate of drug-likeness (QED) is 0.238. The lowest BCUT2D eigenvalue weighted by molar-refractivity contribution is -0.122. The first-order chi connectivity index (χ1) is 18.5. The number of nitrogens with zero attached hydrogens (tertiary/aromatic N) is 5. The fourth-order valence-electron chi connectivity index (χ4n) is 4.72. The highest BCUT2D eigenvalue weighted by atomic mass is 32.2. The Morgan fingerprint density at radius 2 is 1.79 bits per heavy atom. The maximum Gasteiger partial charge on any atom is 0.267 e. The van der Waals surface area contributed by atoms with Gasteiger partial charge in [0, 0.05) is 57.8 Å². The van der Waals surface area contributed by atoms with Gasteiger partial charge in [-0.3, -0.25) is 18.9 Å². The lowest BCUT2D eigenvalue weighted by atomic mass is 10.2. The molecule has 0 bridgehead atoms. The van der Waals surface area contributed by atoms with Gasteiger partial charge < -0.3 is 14.5 Å². The summed E-state index contributed by atoms with van der Waals surface area (Å²) in [6.07, 6.45) is 4.17. The van der Waals surface area contributed by atoms with Gasteiger partial charge in [0.1, 0.15) is 15.8 Å². The lowest BCUT2D eigenvalue weighted by Crippen LogP contribution is -2.47. The van der Waals surface area contributed by atoms with Crippen LogP contribution < -0.4 is 15.4 Å². The van der Waals surface area contributed by atoms with Gasteiger partial charge in [0.15, 0.2) is 0 Å². The molecule has 198 valence electrons. The molecule has 0 aliphatic carbocycles. The van der Waals surface area contributed by atoms with E-state index in [0.717, 1.165) is 18.7 Å². The largest absolute Gasteiger partial charge is 0.382 e. The van der Waals surface area contributed by atoms with E-state index in [1.165, 1.54) is 17.4 Å². The fraction of sp³-hybridized carbons (Fsp3) is 0.357. The summed E-state index contributed by atoms with van der Waals surface area (Å²) in [5.74, 6) is 0.429. The van der Waals surface area contributed by atoms with Crippen molar-refractivity contribution < 1.29 is 9.53 Å². The van der Waals surface area contributed by atoms with E-state index in [0.29, 0.717) is 65.5 Å². The minimum Gasteiger partial charge on any atom is -0.382 e. The molecular weight excluding hydrogens is 518 g/mol. The molecule has 5 rings (SSSR count). The van der Waals surface area contributed by atoms with Crippen LogP contribution in [-0.4, -0.2) is 70.4 Å². The molecule has 0 N–H and O–H groups in total. The van der Waals surface area contributed by atoms with Gasteiger partial charge in [-0.25, -0.2) is 4.98 Å². The Balaban J connectivity index is 1.47. The van der Waals surface area contributed by atoms with Gasteiger partial charge in [-0.1, -0.05) is 48.2 Å². The molecule has 2 saturated heterocycles. The van der Waals surface area contributed by atoms with E-state index >= 15 is 0 Å². The number of aryl methyl sites for hydroxylation is 1. The van der Waals surface area contributed by atoms with Crippen molar-refractivity contribution in [3.8, 4) is 0 Å². The van der Waals surface area contributed by atoms with E-state index < -0.39 is 0 Å². The summed E-state index contributed by atoms with van der Waals surface area (Å²) in [5.41, 5.74) is 2.94. The zero-order valence-corrected chi connectivity index (χ0v) is 23.3. The predicted molar refractivity (Wildman–Crippen MR) is 158 cm³/mol. The van der Waals surface area contributed by atoms with Crippen LogP contribution in [0.4, 0.5) is 11.5 Å². The number of hydrogen-bond acceptors (Lipinski definition) is 8.